The molecule has 0 bridgehead atoms. The van der Waals surface area contributed by atoms with Crippen molar-refractivity contribution < 1.29 is 14.3 Å². The molecular formula is C18H18N2O3. The number of nitrogens with one attached hydrogen (secondary N) is 1. The van der Waals surface area contributed by atoms with Crippen LogP contribution in [0.4, 0.5) is 0 Å². The minimum atomic E-state index is -0.229. The van der Waals surface area contributed by atoms with Gasteiger partial charge in [0, 0.05) is 0 Å². The summed E-state index contributed by atoms with van der Waals surface area (Å²) in [6.07, 6.45) is 0. The van der Waals surface area contributed by atoms with Gasteiger partial charge in [0.2, 0.25) is 0 Å². The third-order valence-corrected chi connectivity index (χ3v) is 3.35. The van der Waals surface area contributed by atoms with Gasteiger partial charge in [0.15, 0.2) is 18.1 Å². The number of para-hydroxylation sites is 2. The molecule has 0 heterocycles. The molecule has 0 aliphatic rings. The van der Waals surface area contributed by atoms with Crippen LogP contribution in [-0.4, -0.2) is 19.6 Å². The molecule has 1 atom stereocenters. The van der Waals surface area contributed by atoms with Crippen molar-refractivity contribution in [2.24, 2.45) is 0 Å². The van der Waals surface area contributed by atoms with Crippen molar-refractivity contribution in [1.29, 1.82) is 5.26 Å². The number of carbonyl (C=O) groups is 1. The zero-order valence-electron chi connectivity index (χ0n) is 13.1. The molecule has 1 N–H and O–H groups in total. The van der Waals surface area contributed by atoms with Crippen LogP contribution in [0.25, 0.3) is 0 Å². The number of amides is 1. The van der Waals surface area contributed by atoms with Crippen molar-refractivity contribution >= 4 is 5.91 Å². The van der Waals surface area contributed by atoms with E-state index in [1.807, 2.05) is 31.2 Å². The predicted molar refractivity (Wildman–Crippen MR) is 86.2 cm³/mol. The highest BCUT2D eigenvalue weighted by atomic mass is 16.5. The van der Waals surface area contributed by atoms with Gasteiger partial charge in [0.25, 0.3) is 5.91 Å². The van der Waals surface area contributed by atoms with E-state index in [1.54, 1.807) is 31.4 Å². The van der Waals surface area contributed by atoms with Crippen LogP contribution in [0.1, 0.15) is 24.1 Å². The maximum absolute atomic E-state index is 12.0. The second-order valence-electron chi connectivity index (χ2n) is 4.96. The fourth-order valence-electron chi connectivity index (χ4n) is 2.09. The van der Waals surface area contributed by atoms with Gasteiger partial charge in [-0.3, -0.25) is 4.79 Å². The van der Waals surface area contributed by atoms with Crippen LogP contribution in [0.5, 0.6) is 11.5 Å². The molecule has 2 aromatic carbocycles. The molecule has 5 nitrogen and oxygen atoms in total. The van der Waals surface area contributed by atoms with Gasteiger partial charge in [-0.2, -0.15) is 5.26 Å². The van der Waals surface area contributed by atoms with Gasteiger partial charge in [0.1, 0.15) is 0 Å². The highest BCUT2D eigenvalue weighted by Crippen LogP contribution is 2.25. The van der Waals surface area contributed by atoms with E-state index in [-0.39, 0.29) is 18.6 Å². The molecule has 0 saturated carbocycles. The fourth-order valence-corrected chi connectivity index (χ4v) is 2.09. The summed E-state index contributed by atoms with van der Waals surface area (Å²) in [5.41, 5.74) is 1.52. The smallest absolute Gasteiger partial charge is 0.258 e. The van der Waals surface area contributed by atoms with Crippen molar-refractivity contribution in [2.75, 3.05) is 13.7 Å². The van der Waals surface area contributed by atoms with E-state index in [9.17, 15) is 4.79 Å². The lowest BCUT2D eigenvalue weighted by Gasteiger charge is -2.15. The maximum Gasteiger partial charge on any atom is 0.258 e. The van der Waals surface area contributed by atoms with E-state index < -0.39 is 0 Å². The molecule has 1 unspecified atom stereocenters. The minimum Gasteiger partial charge on any atom is -0.493 e. The minimum absolute atomic E-state index is 0.0962. The van der Waals surface area contributed by atoms with Gasteiger partial charge in [-0.15, -0.1) is 0 Å². The zero-order valence-corrected chi connectivity index (χ0v) is 13.1. The number of carbonyl (C=O) groups excluding carboxylic acids is 1. The second-order valence-corrected chi connectivity index (χ2v) is 4.96. The normalized spacial score (nSPS) is 11.2. The summed E-state index contributed by atoms with van der Waals surface area (Å²) < 4.78 is 10.6. The summed E-state index contributed by atoms with van der Waals surface area (Å²) in [5.74, 6) is 0.879. The number of nitrogens with zero attached hydrogens (tertiary/aromatic N) is 1. The first-order chi connectivity index (χ1) is 11.1. The van der Waals surface area contributed by atoms with Crippen LogP contribution in [0.15, 0.2) is 48.5 Å². The van der Waals surface area contributed by atoms with E-state index >= 15 is 0 Å². The van der Waals surface area contributed by atoms with Crippen molar-refractivity contribution in [3.63, 3.8) is 0 Å². The average molecular weight is 310 g/mol. The SMILES string of the molecule is COc1ccccc1OCC(=O)NC(C)c1ccc(C#N)cc1. The molecular weight excluding hydrogens is 292 g/mol. The average Bonchev–Trinajstić information content (AvgIpc) is 2.60. The third kappa shape index (κ3) is 4.48. The van der Waals surface area contributed by atoms with Crippen molar-refractivity contribution in [2.45, 2.75) is 13.0 Å². The summed E-state index contributed by atoms with van der Waals surface area (Å²) in [4.78, 5) is 12.0. The first-order valence-corrected chi connectivity index (χ1v) is 7.19. The van der Waals surface area contributed by atoms with Crippen molar-refractivity contribution in [1.82, 2.24) is 5.32 Å². The quantitative estimate of drug-likeness (QED) is 0.890. The molecule has 5 heteroatoms. The maximum atomic E-state index is 12.0. The Balaban J connectivity index is 1.90. The highest BCUT2D eigenvalue weighted by molar-refractivity contribution is 5.78. The summed E-state index contributed by atoms with van der Waals surface area (Å²) >= 11 is 0. The van der Waals surface area contributed by atoms with Gasteiger partial charge >= 0.3 is 0 Å². The van der Waals surface area contributed by atoms with E-state index in [2.05, 4.69) is 11.4 Å². The molecule has 23 heavy (non-hydrogen) atoms. The Hall–Kier alpha value is -3.00. The Morgan fingerprint density at radius 1 is 1.17 bits per heavy atom. The van der Waals surface area contributed by atoms with Gasteiger partial charge in [0.05, 0.1) is 24.8 Å². The number of benzene rings is 2. The Bertz CT molecular complexity index is 705. The lowest BCUT2D eigenvalue weighted by molar-refractivity contribution is -0.123. The van der Waals surface area contributed by atoms with Crippen LogP contribution < -0.4 is 14.8 Å². The first kappa shape index (κ1) is 16.4. The molecule has 118 valence electrons. The molecule has 0 spiro atoms. The lowest BCUT2D eigenvalue weighted by Crippen LogP contribution is -2.31. The Morgan fingerprint density at radius 2 is 1.83 bits per heavy atom. The zero-order chi connectivity index (χ0) is 16.7. The van der Waals surface area contributed by atoms with Crippen LogP contribution in [0.2, 0.25) is 0 Å². The molecule has 0 radical (unpaired) electrons. The number of hydrogen-bond donors (Lipinski definition) is 1. The van der Waals surface area contributed by atoms with Gasteiger partial charge in [-0.1, -0.05) is 24.3 Å². The molecule has 0 fully saturated rings. The first-order valence-electron chi connectivity index (χ1n) is 7.19. The number of rotatable bonds is 6. The standard InChI is InChI=1S/C18H18N2O3/c1-13(15-9-7-14(11-19)8-10-15)20-18(21)12-23-17-6-4-3-5-16(17)22-2/h3-10,13H,12H2,1-2H3,(H,20,21). The van der Waals surface area contributed by atoms with Crippen LogP contribution in [0.3, 0.4) is 0 Å². The summed E-state index contributed by atoms with van der Waals surface area (Å²) in [6, 6.07) is 16.2. The molecule has 0 saturated heterocycles. The summed E-state index contributed by atoms with van der Waals surface area (Å²) in [5, 5.41) is 11.6. The van der Waals surface area contributed by atoms with Crippen molar-refractivity contribution in [3.05, 3.63) is 59.7 Å². The van der Waals surface area contributed by atoms with Gasteiger partial charge < -0.3 is 14.8 Å². The molecule has 2 rings (SSSR count). The van der Waals surface area contributed by atoms with Crippen LogP contribution in [0, 0.1) is 11.3 Å². The number of nitriles is 1. The number of ether oxygens (including phenoxy) is 2. The molecule has 0 aliphatic carbocycles. The fraction of sp³-hybridized carbons (Fsp3) is 0.222. The van der Waals surface area contributed by atoms with E-state index in [1.165, 1.54) is 0 Å². The molecule has 2 aromatic rings. The molecule has 0 aliphatic heterocycles. The van der Waals surface area contributed by atoms with E-state index in [4.69, 9.17) is 14.7 Å². The largest absolute Gasteiger partial charge is 0.493 e. The van der Waals surface area contributed by atoms with Gasteiger partial charge in [-0.05, 0) is 36.8 Å². The highest BCUT2D eigenvalue weighted by Gasteiger charge is 2.11. The van der Waals surface area contributed by atoms with Gasteiger partial charge in [-0.25, -0.2) is 0 Å². The predicted octanol–water partition coefficient (Wildman–Crippen LogP) is 2.82. The Morgan fingerprint density at radius 3 is 2.43 bits per heavy atom. The summed E-state index contributed by atoms with van der Waals surface area (Å²) in [6.45, 7) is 1.78. The Kier molecular flexibility index (Phi) is 5.59. The number of methoxy groups -OCH3 is 1. The van der Waals surface area contributed by atoms with Crippen LogP contribution in [-0.2, 0) is 4.79 Å². The molecule has 0 aromatic heterocycles. The second kappa shape index (κ2) is 7.85. The van der Waals surface area contributed by atoms with E-state index in [0.717, 1.165) is 5.56 Å². The molecule has 1 amide bonds. The topological polar surface area (TPSA) is 71.3 Å². The van der Waals surface area contributed by atoms with Crippen LogP contribution >= 0.6 is 0 Å². The lowest BCUT2D eigenvalue weighted by atomic mass is 10.1. The van der Waals surface area contributed by atoms with E-state index in [0.29, 0.717) is 17.1 Å². The Labute approximate surface area is 135 Å². The number of hydrogen-bond acceptors (Lipinski definition) is 4. The summed E-state index contributed by atoms with van der Waals surface area (Å²) in [7, 11) is 1.55. The van der Waals surface area contributed by atoms with Crippen molar-refractivity contribution in [3.8, 4) is 17.6 Å². The third-order valence-electron chi connectivity index (χ3n) is 3.35. The monoisotopic (exact) mass is 310 g/mol.